The number of fused-ring (bicyclic) bond motifs is 1. The Hall–Kier alpha value is -3.33. The second kappa shape index (κ2) is 8.31. The van der Waals surface area contributed by atoms with Crippen LogP contribution in [0.3, 0.4) is 0 Å². The Labute approximate surface area is 188 Å². The minimum absolute atomic E-state index is 0.558. The van der Waals surface area contributed by atoms with E-state index >= 15 is 0 Å². The van der Waals surface area contributed by atoms with Gasteiger partial charge in [0.05, 0.1) is 34.7 Å². The van der Waals surface area contributed by atoms with Gasteiger partial charge in [-0.1, -0.05) is 12.1 Å². The molecular formula is C23H26N6O2S. The molecule has 2 aromatic heterocycles. The first-order valence-corrected chi connectivity index (χ1v) is 12.1. The van der Waals surface area contributed by atoms with Gasteiger partial charge in [0.1, 0.15) is 11.5 Å². The van der Waals surface area contributed by atoms with Gasteiger partial charge in [-0.15, -0.1) is 0 Å². The highest BCUT2D eigenvalue weighted by Crippen LogP contribution is 2.38. The van der Waals surface area contributed by atoms with E-state index in [1.165, 1.54) is 10.6 Å². The zero-order valence-corrected chi connectivity index (χ0v) is 19.7. The molecule has 0 bridgehead atoms. The summed E-state index contributed by atoms with van der Waals surface area (Å²) in [6, 6.07) is 11.2. The molecule has 0 radical (unpaired) electrons. The van der Waals surface area contributed by atoms with Crippen LogP contribution >= 0.6 is 0 Å². The number of anilines is 3. The molecule has 0 unspecified atom stereocenters. The summed E-state index contributed by atoms with van der Waals surface area (Å²) in [6.45, 7) is 5.81. The summed E-state index contributed by atoms with van der Waals surface area (Å²) in [4.78, 5) is 18.4. The number of aliphatic imine (C=N–C) groups is 1. The van der Waals surface area contributed by atoms with Crippen molar-refractivity contribution in [3.05, 3.63) is 65.0 Å². The highest BCUT2D eigenvalue weighted by molar-refractivity contribution is 7.92. The van der Waals surface area contributed by atoms with Crippen molar-refractivity contribution < 1.29 is 8.42 Å². The summed E-state index contributed by atoms with van der Waals surface area (Å²) < 4.78 is 25.5. The number of para-hydroxylation sites is 2. The SMILES string of the molecule is CC1=Nc2c(Nc3ccccc3N(C)S(C)(=O)=O)cc(Cc3cc(C)nc(C)n3)nc2C1. The monoisotopic (exact) mass is 450 g/mol. The van der Waals surface area contributed by atoms with Crippen LogP contribution in [-0.4, -0.2) is 42.4 Å². The number of nitrogens with zero attached hydrogens (tertiary/aromatic N) is 5. The van der Waals surface area contributed by atoms with Crippen molar-refractivity contribution in [2.24, 2.45) is 4.99 Å². The summed E-state index contributed by atoms with van der Waals surface area (Å²) >= 11 is 0. The molecule has 166 valence electrons. The van der Waals surface area contributed by atoms with Crippen LogP contribution < -0.4 is 9.62 Å². The fourth-order valence-electron chi connectivity index (χ4n) is 3.80. The first-order chi connectivity index (χ1) is 15.1. The van der Waals surface area contributed by atoms with Crippen molar-refractivity contribution >= 4 is 38.5 Å². The molecule has 0 fully saturated rings. The Kier molecular flexibility index (Phi) is 5.68. The van der Waals surface area contributed by atoms with Gasteiger partial charge in [-0.25, -0.2) is 18.4 Å². The summed E-state index contributed by atoms with van der Waals surface area (Å²) in [6.07, 6.45) is 2.44. The van der Waals surface area contributed by atoms with Crippen LogP contribution in [0.25, 0.3) is 0 Å². The van der Waals surface area contributed by atoms with E-state index in [1.807, 2.05) is 51.1 Å². The Morgan fingerprint density at radius 3 is 2.44 bits per heavy atom. The highest BCUT2D eigenvalue weighted by Gasteiger charge is 2.21. The average molecular weight is 451 g/mol. The molecule has 0 atom stereocenters. The maximum Gasteiger partial charge on any atom is 0.232 e. The van der Waals surface area contributed by atoms with Crippen molar-refractivity contribution in [2.45, 2.75) is 33.6 Å². The number of hydrogen-bond donors (Lipinski definition) is 1. The molecule has 8 nitrogen and oxygen atoms in total. The smallest absolute Gasteiger partial charge is 0.232 e. The number of rotatable bonds is 6. The second-order valence-electron chi connectivity index (χ2n) is 8.08. The quantitative estimate of drug-likeness (QED) is 0.612. The molecular weight excluding hydrogens is 424 g/mol. The van der Waals surface area contributed by atoms with E-state index in [0.717, 1.165) is 45.7 Å². The molecule has 0 spiro atoms. The third-order valence-electron chi connectivity index (χ3n) is 5.24. The Morgan fingerprint density at radius 1 is 1.00 bits per heavy atom. The highest BCUT2D eigenvalue weighted by atomic mass is 32.2. The van der Waals surface area contributed by atoms with Crippen molar-refractivity contribution in [3.8, 4) is 0 Å². The zero-order valence-electron chi connectivity index (χ0n) is 18.8. The normalized spacial score (nSPS) is 13.0. The zero-order chi connectivity index (χ0) is 23.0. The average Bonchev–Trinajstić information content (AvgIpc) is 3.07. The van der Waals surface area contributed by atoms with Gasteiger partial charge in [0.25, 0.3) is 0 Å². The predicted molar refractivity (Wildman–Crippen MR) is 128 cm³/mol. The van der Waals surface area contributed by atoms with Gasteiger partial charge in [-0.3, -0.25) is 14.3 Å². The number of nitrogens with one attached hydrogen (secondary N) is 1. The minimum atomic E-state index is -3.41. The second-order valence-corrected chi connectivity index (χ2v) is 10.1. The van der Waals surface area contributed by atoms with Crippen LogP contribution in [0.4, 0.5) is 22.7 Å². The summed E-state index contributed by atoms with van der Waals surface area (Å²) in [7, 11) is -1.87. The minimum Gasteiger partial charge on any atom is -0.352 e. The van der Waals surface area contributed by atoms with Crippen molar-refractivity contribution in [2.75, 3.05) is 22.9 Å². The van der Waals surface area contributed by atoms with Crippen LogP contribution in [0.15, 0.2) is 41.4 Å². The van der Waals surface area contributed by atoms with Crippen LogP contribution in [0.5, 0.6) is 0 Å². The maximum atomic E-state index is 12.1. The number of aryl methyl sites for hydroxylation is 2. The third-order valence-corrected chi connectivity index (χ3v) is 6.43. The molecule has 1 aromatic carbocycles. The fraction of sp³-hybridized carbons (Fsp3) is 0.304. The number of sulfonamides is 1. The number of benzene rings is 1. The number of aromatic nitrogens is 3. The molecule has 9 heteroatoms. The molecule has 4 rings (SSSR count). The number of pyridine rings is 1. The molecule has 1 aliphatic heterocycles. The molecule has 0 saturated heterocycles. The topological polar surface area (TPSA) is 100 Å². The lowest BCUT2D eigenvalue weighted by atomic mass is 10.1. The van der Waals surface area contributed by atoms with Gasteiger partial charge in [0.2, 0.25) is 10.0 Å². The van der Waals surface area contributed by atoms with Crippen molar-refractivity contribution in [3.63, 3.8) is 0 Å². The van der Waals surface area contributed by atoms with Crippen LogP contribution in [0.2, 0.25) is 0 Å². The lowest BCUT2D eigenvalue weighted by Crippen LogP contribution is -2.25. The lowest BCUT2D eigenvalue weighted by molar-refractivity contribution is 0.600. The van der Waals surface area contributed by atoms with Gasteiger partial charge < -0.3 is 5.32 Å². The van der Waals surface area contributed by atoms with Crippen molar-refractivity contribution in [1.29, 1.82) is 0 Å². The summed E-state index contributed by atoms with van der Waals surface area (Å²) in [5.41, 5.74) is 7.39. The van der Waals surface area contributed by atoms with E-state index in [1.54, 1.807) is 13.1 Å². The summed E-state index contributed by atoms with van der Waals surface area (Å²) in [5.74, 6) is 0.733. The van der Waals surface area contributed by atoms with E-state index in [2.05, 4.69) is 20.3 Å². The predicted octanol–water partition coefficient (Wildman–Crippen LogP) is 3.87. The van der Waals surface area contributed by atoms with Crippen molar-refractivity contribution in [1.82, 2.24) is 15.0 Å². The van der Waals surface area contributed by atoms with E-state index in [4.69, 9.17) is 4.98 Å². The molecule has 3 aromatic rings. The molecule has 1 N–H and O–H groups in total. The van der Waals surface area contributed by atoms with E-state index < -0.39 is 10.0 Å². The first kappa shape index (κ1) is 21.9. The van der Waals surface area contributed by atoms with Crippen LogP contribution in [-0.2, 0) is 22.9 Å². The van der Waals surface area contributed by atoms with E-state index in [-0.39, 0.29) is 0 Å². The lowest BCUT2D eigenvalue weighted by Gasteiger charge is -2.21. The molecule has 0 amide bonds. The molecule has 0 aliphatic carbocycles. The van der Waals surface area contributed by atoms with Gasteiger partial charge in [-0.05, 0) is 45.0 Å². The third kappa shape index (κ3) is 4.62. The molecule has 32 heavy (non-hydrogen) atoms. The largest absolute Gasteiger partial charge is 0.352 e. The maximum absolute atomic E-state index is 12.1. The van der Waals surface area contributed by atoms with Gasteiger partial charge in [-0.2, -0.15) is 0 Å². The first-order valence-electron chi connectivity index (χ1n) is 10.3. The summed E-state index contributed by atoms with van der Waals surface area (Å²) in [5, 5.41) is 3.41. The molecule has 1 aliphatic rings. The standard InChI is InChI=1S/C23H26N6O2S/c1-14-10-17(26-16(3)24-14)12-18-13-21(23-20(27-18)11-15(2)25-23)28-19-8-6-7-9-22(19)29(4)32(5,30)31/h6-10,13H,11-12H2,1-5H3,(H,27,28). The molecule has 3 heterocycles. The fourth-order valence-corrected chi connectivity index (χ4v) is 4.32. The van der Waals surface area contributed by atoms with Gasteiger partial charge in [0.15, 0.2) is 0 Å². The van der Waals surface area contributed by atoms with E-state index in [0.29, 0.717) is 24.2 Å². The van der Waals surface area contributed by atoms with E-state index in [9.17, 15) is 8.42 Å². The number of hydrogen-bond acceptors (Lipinski definition) is 7. The van der Waals surface area contributed by atoms with Crippen LogP contribution in [0.1, 0.15) is 35.5 Å². The molecule has 0 saturated carbocycles. The van der Waals surface area contributed by atoms with Gasteiger partial charge in [0, 0.05) is 37.0 Å². The van der Waals surface area contributed by atoms with Gasteiger partial charge >= 0.3 is 0 Å². The Morgan fingerprint density at radius 2 is 1.72 bits per heavy atom. The Balaban J connectivity index is 1.75. The Bertz CT molecular complexity index is 1310. The van der Waals surface area contributed by atoms with Crippen LogP contribution in [0, 0.1) is 13.8 Å².